The summed E-state index contributed by atoms with van der Waals surface area (Å²) in [6.07, 6.45) is 3.43. The lowest BCUT2D eigenvalue weighted by Crippen LogP contribution is -2.11. The van der Waals surface area contributed by atoms with Crippen molar-refractivity contribution in [2.75, 3.05) is 0 Å². The molecule has 0 atom stereocenters. The van der Waals surface area contributed by atoms with Gasteiger partial charge in [-0.15, -0.1) is 0 Å². The molecule has 17 heavy (non-hydrogen) atoms. The zero-order valence-electron chi connectivity index (χ0n) is 8.79. The highest BCUT2D eigenvalue weighted by atomic mass is 16.1. The molecule has 0 saturated heterocycles. The summed E-state index contributed by atoms with van der Waals surface area (Å²) in [6.45, 7) is 0. The summed E-state index contributed by atoms with van der Waals surface area (Å²) in [5.41, 5.74) is 1.06. The fourth-order valence-electron chi connectivity index (χ4n) is 1.96. The van der Waals surface area contributed by atoms with Crippen LogP contribution in [0.1, 0.15) is 5.56 Å². The first-order valence-corrected chi connectivity index (χ1v) is 5.11. The molecule has 0 amide bonds. The van der Waals surface area contributed by atoms with Crippen molar-refractivity contribution in [3.8, 4) is 6.07 Å². The van der Waals surface area contributed by atoms with Gasteiger partial charge < -0.3 is 0 Å². The molecule has 4 heteroatoms. The van der Waals surface area contributed by atoms with Gasteiger partial charge in [-0.2, -0.15) is 5.26 Å². The van der Waals surface area contributed by atoms with Gasteiger partial charge in [0.1, 0.15) is 17.3 Å². The highest BCUT2D eigenvalue weighted by molar-refractivity contribution is 5.82. The highest BCUT2D eigenvalue weighted by Crippen LogP contribution is 2.13. The molecular weight excluding hydrogens is 214 g/mol. The Kier molecular flexibility index (Phi) is 1.92. The summed E-state index contributed by atoms with van der Waals surface area (Å²) in [7, 11) is 0. The van der Waals surface area contributed by atoms with Crippen LogP contribution in [0.5, 0.6) is 0 Å². The van der Waals surface area contributed by atoms with Crippen LogP contribution in [0, 0.1) is 11.3 Å². The molecule has 0 aliphatic rings. The molecule has 0 aromatic carbocycles. The summed E-state index contributed by atoms with van der Waals surface area (Å²) < 4.78 is 1.76. The van der Waals surface area contributed by atoms with E-state index in [0.29, 0.717) is 16.6 Å². The topological polar surface area (TPSA) is 58.2 Å². The second kappa shape index (κ2) is 3.42. The smallest absolute Gasteiger partial charge is 0.209 e. The van der Waals surface area contributed by atoms with Gasteiger partial charge in [-0.25, -0.2) is 4.98 Å². The van der Waals surface area contributed by atoms with Crippen LogP contribution in [0.4, 0.5) is 0 Å². The minimum absolute atomic E-state index is 0.158. The molecule has 0 N–H and O–H groups in total. The first kappa shape index (κ1) is 9.55. The van der Waals surface area contributed by atoms with E-state index in [4.69, 9.17) is 5.26 Å². The Morgan fingerprint density at radius 3 is 2.94 bits per heavy atom. The molecule has 0 aliphatic heterocycles. The van der Waals surface area contributed by atoms with Gasteiger partial charge >= 0.3 is 0 Å². The Balaban J connectivity index is 2.75. The number of pyridine rings is 3. The Bertz CT molecular complexity index is 827. The maximum absolute atomic E-state index is 12.1. The molecule has 0 aliphatic carbocycles. The Morgan fingerprint density at radius 2 is 2.12 bits per heavy atom. The quantitative estimate of drug-likeness (QED) is 0.543. The summed E-state index contributed by atoms with van der Waals surface area (Å²) in [6, 6.07) is 10.7. The largest absolute Gasteiger partial charge is 0.300 e. The van der Waals surface area contributed by atoms with Crippen LogP contribution < -0.4 is 5.43 Å². The number of nitrogens with zero attached hydrogens (tertiary/aromatic N) is 3. The molecule has 3 rings (SSSR count). The van der Waals surface area contributed by atoms with Crippen LogP contribution in [-0.2, 0) is 0 Å². The third kappa shape index (κ3) is 1.23. The second-order valence-corrected chi connectivity index (χ2v) is 3.65. The Morgan fingerprint density at radius 1 is 1.24 bits per heavy atom. The minimum Gasteiger partial charge on any atom is -0.300 e. The van der Waals surface area contributed by atoms with Gasteiger partial charge in [0.05, 0.1) is 10.9 Å². The van der Waals surface area contributed by atoms with Crippen LogP contribution in [0.2, 0.25) is 0 Å². The van der Waals surface area contributed by atoms with E-state index in [9.17, 15) is 4.79 Å². The van der Waals surface area contributed by atoms with E-state index in [1.807, 2.05) is 12.1 Å². The van der Waals surface area contributed by atoms with Crippen molar-refractivity contribution in [1.82, 2.24) is 9.38 Å². The molecule has 3 aromatic rings. The van der Waals surface area contributed by atoms with E-state index < -0.39 is 0 Å². The summed E-state index contributed by atoms with van der Waals surface area (Å²) in [5, 5.41) is 9.56. The number of fused-ring (bicyclic) bond motifs is 3. The highest BCUT2D eigenvalue weighted by Gasteiger charge is 2.10. The lowest BCUT2D eigenvalue weighted by Gasteiger charge is -2.06. The van der Waals surface area contributed by atoms with Crippen molar-refractivity contribution in [3.05, 3.63) is 58.5 Å². The molecule has 0 spiro atoms. The van der Waals surface area contributed by atoms with Crippen LogP contribution in [0.25, 0.3) is 16.6 Å². The lowest BCUT2D eigenvalue weighted by molar-refractivity contribution is 1.16. The van der Waals surface area contributed by atoms with Crippen molar-refractivity contribution in [1.29, 1.82) is 5.26 Å². The van der Waals surface area contributed by atoms with Gasteiger partial charge in [-0.3, -0.25) is 9.20 Å². The lowest BCUT2D eigenvalue weighted by atomic mass is 10.1. The van der Waals surface area contributed by atoms with Crippen LogP contribution in [-0.4, -0.2) is 9.38 Å². The summed E-state index contributed by atoms with van der Waals surface area (Å²) in [5.74, 6) is 0. The molecule has 3 aromatic heterocycles. The van der Waals surface area contributed by atoms with E-state index in [0.717, 1.165) is 0 Å². The van der Waals surface area contributed by atoms with E-state index in [1.165, 1.54) is 0 Å². The average Bonchev–Trinajstić information content (AvgIpc) is 2.40. The molecule has 0 radical (unpaired) electrons. The van der Waals surface area contributed by atoms with Crippen molar-refractivity contribution < 1.29 is 0 Å². The Labute approximate surface area is 96.4 Å². The fraction of sp³-hybridized carbons (Fsp3) is 0. The van der Waals surface area contributed by atoms with Crippen LogP contribution >= 0.6 is 0 Å². The van der Waals surface area contributed by atoms with Gasteiger partial charge in [-0.1, -0.05) is 6.07 Å². The molecule has 0 fully saturated rings. The zero-order valence-corrected chi connectivity index (χ0v) is 8.79. The van der Waals surface area contributed by atoms with Gasteiger partial charge in [0.2, 0.25) is 5.43 Å². The number of rotatable bonds is 0. The molecule has 0 bridgehead atoms. The van der Waals surface area contributed by atoms with E-state index in [1.54, 1.807) is 41.1 Å². The zero-order chi connectivity index (χ0) is 11.8. The maximum atomic E-state index is 12.1. The summed E-state index contributed by atoms with van der Waals surface area (Å²) >= 11 is 0. The average molecular weight is 221 g/mol. The predicted molar refractivity (Wildman–Crippen MR) is 63.7 cm³/mol. The monoisotopic (exact) mass is 221 g/mol. The van der Waals surface area contributed by atoms with E-state index >= 15 is 0 Å². The summed E-state index contributed by atoms with van der Waals surface area (Å²) in [4.78, 5) is 16.3. The maximum Gasteiger partial charge on any atom is 0.209 e. The fourth-order valence-corrected chi connectivity index (χ4v) is 1.96. The number of hydrogen-bond acceptors (Lipinski definition) is 3. The van der Waals surface area contributed by atoms with Crippen LogP contribution in [0.15, 0.2) is 47.5 Å². The second-order valence-electron chi connectivity index (χ2n) is 3.65. The van der Waals surface area contributed by atoms with Gasteiger partial charge in [0, 0.05) is 12.4 Å². The number of nitriles is 1. The van der Waals surface area contributed by atoms with Gasteiger partial charge in [0.25, 0.3) is 0 Å². The molecular formula is C13H7N3O. The van der Waals surface area contributed by atoms with E-state index in [-0.39, 0.29) is 11.0 Å². The number of hydrogen-bond donors (Lipinski definition) is 0. The van der Waals surface area contributed by atoms with Gasteiger partial charge in [-0.05, 0) is 24.3 Å². The Hall–Kier alpha value is -2.67. The SMILES string of the molecule is N#Cc1c(=O)c2cccnc2n2ccccc12. The first-order valence-electron chi connectivity index (χ1n) is 5.11. The minimum atomic E-state index is -0.262. The van der Waals surface area contributed by atoms with Crippen molar-refractivity contribution >= 4 is 16.6 Å². The van der Waals surface area contributed by atoms with Gasteiger partial charge in [0.15, 0.2) is 0 Å². The predicted octanol–water partition coefficient (Wildman–Crippen LogP) is 1.72. The van der Waals surface area contributed by atoms with Crippen LogP contribution in [0.3, 0.4) is 0 Å². The standard InChI is InChI=1S/C13H7N3O/c14-8-10-11-5-1-2-7-16(11)13-9(12(10)17)4-3-6-15-13/h1-7H. The first-order chi connectivity index (χ1) is 8.33. The molecule has 0 unspecified atom stereocenters. The van der Waals surface area contributed by atoms with E-state index in [2.05, 4.69) is 4.98 Å². The molecule has 0 saturated carbocycles. The van der Waals surface area contributed by atoms with Crippen molar-refractivity contribution in [2.24, 2.45) is 0 Å². The number of aromatic nitrogens is 2. The van der Waals surface area contributed by atoms with Crippen molar-refractivity contribution in [2.45, 2.75) is 0 Å². The molecule has 80 valence electrons. The third-order valence-electron chi connectivity index (χ3n) is 2.71. The molecule has 4 nitrogen and oxygen atoms in total. The normalized spacial score (nSPS) is 10.5. The molecule has 3 heterocycles. The van der Waals surface area contributed by atoms with Crippen molar-refractivity contribution in [3.63, 3.8) is 0 Å². The third-order valence-corrected chi connectivity index (χ3v) is 2.71.